The predicted octanol–water partition coefficient (Wildman–Crippen LogP) is 3.61. The summed E-state index contributed by atoms with van der Waals surface area (Å²) in [5.41, 5.74) is 9.75. The van der Waals surface area contributed by atoms with Crippen molar-refractivity contribution < 1.29 is 9.90 Å². The summed E-state index contributed by atoms with van der Waals surface area (Å²) < 4.78 is 2.11. The number of aromatic nitrogens is 2. The maximum absolute atomic E-state index is 12.1. The van der Waals surface area contributed by atoms with Crippen molar-refractivity contribution in [1.82, 2.24) is 9.55 Å². The van der Waals surface area contributed by atoms with Crippen molar-refractivity contribution in [2.75, 3.05) is 5.32 Å². The first-order valence-corrected chi connectivity index (χ1v) is 11.7. The van der Waals surface area contributed by atoms with Crippen LogP contribution in [0.3, 0.4) is 0 Å². The Morgan fingerprint density at radius 2 is 2.00 bits per heavy atom. The minimum absolute atomic E-state index is 0.279. The van der Waals surface area contributed by atoms with E-state index in [1.54, 1.807) is 6.20 Å². The third-order valence-corrected chi connectivity index (χ3v) is 8.12. The SMILES string of the molecule is Cn1ccc2cc(Cc3cc(NC4[C@@H]5CC6C[C@H]4CC(O)(C6)C5)c(C(N)=O)cn3)ccc21. The largest absolute Gasteiger partial charge is 0.390 e. The average molecular weight is 431 g/mol. The van der Waals surface area contributed by atoms with E-state index < -0.39 is 11.5 Å². The van der Waals surface area contributed by atoms with Gasteiger partial charge in [0.2, 0.25) is 0 Å². The fourth-order valence-corrected chi connectivity index (χ4v) is 6.96. The fraction of sp³-hybridized carbons (Fsp3) is 0.462. The van der Waals surface area contributed by atoms with Crippen LogP contribution in [0.1, 0.15) is 53.7 Å². The Labute approximate surface area is 187 Å². The van der Waals surface area contributed by atoms with Crippen molar-refractivity contribution in [2.45, 2.75) is 50.2 Å². The van der Waals surface area contributed by atoms with Crippen LogP contribution in [0.25, 0.3) is 10.9 Å². The molecule has 0 aliphatic heterocycles. The lowest BCUT2D eigenvalue weighted by Gasteiger charge is -2.58. The normalized spacial score (nSPS) is 30.7. The number of aryl methyl sites for hydroxylation is 1. The minimum Gasteiger partial charge on any atom is -0.390 e. The molecule has 4 N–H and O–H groups in total. The molecule has 1 aromatic carbocycles. The third-order valence-electron chi connectivity index (χ3n) is 8.12. The summed E-state index contributed by atoms with van der Waals surface area (Å²) in [6, 6.07) is 10.9. The number of nitrogens with two attached hydrogens (primary N) is 1. The van der Waals surface area contributed by atoms with Crippen molar-refractivity contribution in [1.29, 1.82) is 0 Å². The van der Waals surface area contributed by atoms with Gasteiger partial charge in [-0.1, -0.05) is 6.07 Å². The molecule has 3 aromatic rings. The lowest BCUT2D eigenvalue weighted by molar-refractivity contribution is -0.129. The summed E-state index contributed by atoms with van der Waals surface area (Å²) in [6.45, 7) is 0. The Morgan fingerprint density at radius 1 is 1.22 bits per heavy atom. The van der Waals surface area contributed by atoms with Gasteiger partial charge in [0.25, 0.3) is 5.91 Å². The maximum Gasteiger partial charge on any atom is 0.252 e. The Hall–Kier alpha value is -2.86. The van der Waals surface area contributed by atoms with Crippen LogP contribution in [0.2, 0.25) is 0 Å². The number of benzene rings is 1. The van der Waals surface area contributed by atoms with Crippen molar-refractivity contribution in [3.63, 3.8) is 0 Å². The average Bonchev–Trinajstić information content (AvgIpc) is 3.09. The quantitative estimate of drug-likeness (QED) is 0.576. The highest BCUT2D eigenvalue weighted by atomic mass is 16.3. The lowest BCUT2D eigenvalue weighted by atomic mass is 9.52. The van der Waals surface area contributed by atoms with Crippen LogP contribution in [0, 0.1) is 17.8 Å². The molecule has 6 heteroatoms. The molecule has 6 nitrogen and oxygen atoms in total. The number of carbonyl (C=O) groups is 1. The molecule has 0 saturated heterocycles. The summed E-state index contributed by atoms with van der Waals surface area (Å²) >= 11 is 0. The summed E-state index contributed by atoms with van der Waals surface area (Å²) in [6.07, 6.45) is 9.39. The van der Waals surface area contributed by atoms with Gasteiger partial charge in [0.05, 0.1) is 16.9 Å². The van der Waals surface area contributed by atoms with E-state index in [1.807, 2.05) is 13.1 Å². The third kappa shape index (κ3) is 3.28. The number of primary amides is 1. The number of nitrogens with one attached hydrogen (secondary N) is 1. The first-order chi connectivity index (χ1) is 15.4. The van der Waals surface area contributed by atoms with Crippen LogP contribution in [0.4, 0.5) is 5.69 Å². The van der Waals surface area contributed by atoms with E-state index in [2.05, 4.69) is 45.3 Å². The summed E-state index contributed by atoms with van der Waals surface area (Å²) in [4.78, 5) is 16.7. The van der Waals surface area contributed by atoms with Gasteiger partial charge in [-0.2, -0.15) is 0 Å². The van der Waals surface area contributed by atoms with E-state index in [0.717, 1.165) is 43.5 Å². The number of pyridine rings is 1. The molecule has 32 heavy (non-hydrogen) atoms. The highest BCUT2D eigenvalue weighted by Gasteiger charge is 2.54. The van der Waals surface area contributed by atoms with Crippen molar-refractivity contribution in [2.24, 2.45) is 30.5 Å². The molecule has 4 bridgehead atoms. The maximum atomic E-state index is 12.1. The van der Waals surface area contributed by atoms with Gasteiger partial charge in [-0.3, -0.25) is 9.78 Å². The van der Waals surface area contributed by atoms with E-state index in [4.69, 9.17) is 5.73 Å². The number of hydrogen-bond donors (Lipinski definition) is 3. The number of anilines is 1. The van der Waals surface area contributed by atoms with Crippen LogP contribution >= 0.6 is 0 Å². The molecule has 166 valence electrons. The van der Waals surface area contributed by atoms with Gasteiger partial charge in [0.1, 0.15) is 0 Å². The van der Waals surface area contributed by atoms with Crippen LogP contribution in [-0.4, -0.2) is 32.2 Å². The zero-order valence-electron chi connectivity index (χ0n) is 18.4. The Morgan fingerprint density at radius 3 is 2.72 bits per heavy atom. The smallest absolute Gasteiger partial charge is 0.252 e. The predicted molar refractivity (Wildman–Crippen MR) is 124 cm³/mol. The minimum atomic E-state index is -0.472. The molecule has 0 radical (unpaired) electrons. The first kappa shape index (κ1) is 19.8. The van der Waals surface area contributed by atoms with E-state index in [0.29, 0.717) is 29.7 Å². The molecule has 7 rings (SSSR count). The Balaban J connectivity index is 1.28. The van der Waals surface area contributed by atoms with Gasteiger partial charge in [-0.25, -0.2) is 0 Å². The van der Waals surface area contributed by atoms with Gasteiger partial charge >= 0.3 is 0 Å². The molecule has 4 fully saturated rings. The van der Waals surface area contributed by atoms with Gasteiger partial charge in [0, 0.05) is 43.1 Å². The van der Waals surface area contributed by atoms with E-state index in [-0.39, 0.29) is 6.04 Å². The lowest BCUT2D eigenvalue weighted by Crippen LogP contribution is -2.59. The molecule has 2 aromatic heterocycles. The van der Waals surface area contributed by atoms with E-state index in [9.17, 15) is 9.90 Å². The second-order valence-corrected chi connectivity index (χ2v) is 10.4. The Bertz CT molecular complexity index is 1200. The number of amides is 1. The molecule has 0 spiro atoms. The van der Waals surface area contributed by atoms with Crippen molar-refractivity contribution >= 4 is 22.5 Å². The topological polar surface area (TPSA) is 93.2 Å². The molecular formula is C26H30N4O2. The van der Waals surface area contributed by atoms with Gasteiger partial charge in [-0.15, -0.1) is 0 Å². The molecule has 4 aliphatic carbocycles. The molecule has 1 amide bonds. The second kappa shape index (κ2) is 7.07. The van der Waals surface area contributed by atoms with Crippen LogP contribution in [-0.2, 0) is 13.5 Å². The molecule has 4 aliphatic rings. The van der Waals surface area contributed by atoms with E-state index >= 15 is 0 Å². The van der Waals surface area contributed by atoms with Gasteiger partial charge < -0.3 is 20.7 Å². The highest BCUT2D eigenvalue weighted by molar-refractivity contribution is 5.98. The molecule has 2 heterocycles. The number of hydrogen-bond acceptors (Lipinski definition) is 4. The summed E-state index contributed by atoms with van der Waals surface area (Å²) in [5.74, 6) is 1.08. The van der Waals surface area contributed by atoms with Gasteiger partial charge in [0.15, 0.2) is 0 Å². The molecule has 5 atom stereocenters. The van der Waals surface area contributed by atoms with E-state index in [1.165, 1.54) is 16.5 Å². The first-order valence-electron chi connectivity index (χ1n) is 11.7. The Kier molecular flexibility index (Phi) is 4.37. The summed E-state index contributed by atoms with van der Waals surface area (Å²) in [7, 11) is 2.05. The molecular weight excluding hydrogens is 400 g/mol. The van der Waals surface area contributed by atoms with Crippen LogP contribution < -0.4 is 11.1 Å². The fourth-order valence-electron chi connectivity index (χ4n) is 6.96. The highest BCUT2D eigenvalue weighted by Crippen LogP contribution is 2.56. The molecule has 4 saturated carbocycles. The standard InChI is InChI=1S/C26H30N4O2/c1-30-5-4-17-6-15(2-3-23(17)30)9-20-10-22(21(14-28-20)25(27)31)29-24-18-7-16-8-19(24)13-26(32,11-16)12-18/h2-6,10,14,16,18-19,24,32H,7-9,11-13H2,1H3,(H2,27,31)(H,28,29)/t16?,18-,19+,24?,26?. The van der Waals surface area contributed by atoms with Crippen LogP contribution in [0.5, 0.6) is 0 Å². The second-order valence-electron chi connectivity index (χ2n) is 10.4. The number of aliphatic hydroxyl groups is 1. The number of fused-ring (bicyclic) bond motifs is 1. The number of nitrogens with zero attached hydrogens (tertiary/aromatic N) is 2. The van der Waals surface area contributed by atoms with Gasteiger partial charge in [-0.05, 0) is 85.1 Å². The zero-order chi connectivity index (χ0) is 22.0. The molecule has 3 unspecified atom stereocenters. The number of rotatable bonds is 5. The zero-order valence-corrected chi connectivity index (χ0v) is 18.4. The van der Waals surface area contributed by atoms with Crippen molar-refractivity contribution in [3.8, 4) is 0 Å². The summed E-state index contributed by atoms with van der Waals surface area (Å²) in [5, 5.41) is 15.8. The van der Waals surface area contributed by atoms with Crippen molar-refractivity contribution in [3.05, 3.63) is 59.5 Å². The number of carbonyl (C=O) groups excluding carboxylic acids is 1. The monoisotopic (exact) mass is 430 g/mol. The van der Waals surface area contributed by atoms with Crippen LogP contribution in [0.15, 0.2) is 42.7 Å².